The predicted octanol–water partition coefficient (Wildman–Crippen LogP) is 1.93. The monoisotopic (exact) mass is 384 g/mol. The Kier molecular flexibility index (Phi) is 8.08. The highest BCUT2D eigenvalue weighted by Gasteiger charge is 2.29. The van der Waals surface area contributed by atoms with Crippen molar-refractivity contribution in [3.8, 4) is 0 Å². The van der Waals surface area contributed by atoms with Crippen LogP contribution in [-0.2, 0) is 21.1 Å². The number of carboxylic acids is 1. The molecule has 0 spiro atoms. The van der Waals surface area contributed by atoms with Crippen LogP contribution in [0.25, 0.3) is 0 Å². The van der Waals surface area contributed by atoms with E-state index in [2.05, 4.69) is 5.32 Å². The number of amides is 2. The fourth-order valence-corrected chi connectivity index (χ4v) is 3.45. The third-order valence-corrected chi connectivity index (χ3v) is 6.39. The van der Waals surface area contributed by atoms with Crippen LogP contribution in [0.5, 0.6) is 0 Å². The first-order chi connectivity index (χ1) is 12.0. The van der Waals surface area contributed by atoms with Gasteiger partial charge in [-0.25, -0.2) is 13.2 Å². The molecule has 3 unspecified atom stereocenters. The minimum atomic E-state index is -3.28. The van der Waals surface area contributed by atoms with E-state index < -0.39 is 33.1 Å². The zero-order valence-electron chi connectivity index (χ0n) is 15.7. The Bertz CT molecular complexity index is 706. The average Bonchev–Trinajstić information content (AvgIpc) is 2.57. The summed E-state index contributed by atoms with van der Waals surface area (Å²) in [5.74, 6) is -0.926. The number of rotatable bonds is 9. The third kappa shape index (κ3) is 7.03. The molecule has 8 heteroatoms. The molecule has 0 heterocycles. The van der Waals surface area contributed by atoms with Gasteiger partial charge < -0.3 is 15.3 Å². The molecule has 0 aromatic heterocycles. The number of carbonyl (C=O) groups is 2. The summed E-state index contributed by atoms with van der Waals surface area (Å²) in [5.41, 5.74) is 0.989. The summed E-state index contributed by atoms with van der Waals surface area (Å²) in [4.78, 5) is 24.8. The summed E-state index contributed by atoms with van der Waals surface area (Å²) < 4.78 is 23.4. The van der Waals surface area contributed by atoms with Crippen molar-refractivity contribution in [2.24, 2.45) is 0 Å². The summed E-state index contributed by atoms with van der Waals surface area (Å²) in [5, 5.41) is 11.1. The fourth-order valence-electron chi connectivity index (χ4n) is 2.56. The van der Waals surface area contributed by atoms with Crippen molar-refractivity contribution in [3.05, 3.63) is 35.9 Å². The van der Waals surface area contributed by atoms with Gasteiger partial charge in [-0.15, -0.1) is 0 Å². The van der Waals surface area contributed by atoms with Gasteiger partial charge in [-0.3, -0.25) is 4.79 Å². The van der Waals surface area contributed by atoms with Crippen molar-refractivity contribution in [1.29, 1.82) is 0 Å². The number of nitrogens with zero attached hydrogens (tertiary/aromatic N) is 1. The lowest BCUT2D eigenvalue weighted by atomic mass is 10.0. The van der Waals surface area contributed by atoms with E-state index in [1.807, 2.05) is 30.3 Å². The van der Waals surface area contributed by atoms with Crippen molar-refractivity contribution in [3.63, 3.8) is 0 Å². The maximum absolute atomic E-state index is 12.5. The lowest BCUT2D eigenvalue weighted by molar-refractivity contribution is -0.137. The number of sulfone groups is 1. The van der Waals surface area contributed by atoms with Crippen LogP contribution < -0.4 is 5.32 Å². The summed E-state index contributed by atoms with van der Waals surface area (Å²) in [6.45, 7) is 3.24. The molecule has 0 saturated carbocycles. The van der Waals surface area contributed by atoms with Gasteiger partial charge in [-0.2, -0.15) is 0 Å². The maximum atomic E-state index is 12.5. The van der Waals surface area contributed by atoms with Crippen LogP contribution in [0.4, 0.5) is 4.79 Å². The van der Waals surface area contributed by atoms with Crippen molar-refractivity contribution in [2.45, 2.75) is 50.4 Å². The molecular weight excluding hydrogens is 356 g/mol. The van der Waals surface area contributed by atoms with E-state index in [0.29, 0.717) is 12.8 Å². The van der Waals surface area contributed by atoms with Crippen molar-refractivity contribution in [1.82, 2.24) is 10.2 Å². The molecule has 1 rings (SSSR count). The molecule has 0 aliphatic carbocycles. The number of hydrogen-bond donors (Lipinski definition) is 2. The minimum Gasteiger partial charge on any atom is -0.481 e. The highest BCUT2D eigenvalue weighted by molar-refractivity contribution is 7.91. The van der Waals surface area contributed by atoms with E-state index in [1.54, 1.807) is 20.9 Å². The van der Waals surface area contributed by atoms with Gasteiger partial charge in [0.05, 0.1) is 5.25 Å². The molecule has 1 aromatic carbocycles. The van der Waals surface area contributed by atoms with Crippen LogP contribution in [0.15, 0.2) is 30.3 Å². The molecule has 3 atom stereocenters. The standard InChI is InChI=1S/C18H28N2O5S/c1-13(14(2)26(4,24)25)20(3)18(23)19-16(10-11-17(21)22)12-15-8-6-5-7-9-15/h5-9,13-14,16H,10-12H2,1-4H3,(H,19,23)(H,21,22). The number of carbonyl (C=O) groups excluding carboxylic acids is 1. The lowest BCUT2D eigenvalue weighted by Crippen LogP contribution is -2.51. The molecule has 0 radical (unpaired) electrons. The Balaban J connectivity index is 2.81. The highest BCUT2D eigenvalue weighted by Crippen LogP contribution is 2.12. The van der Waals surface area contributed by atoms with E-state index in [-0.39, 0.29) is 12.5 Å². The van der Waals surface area contributed by atoms with Crippen LogP contribution in [0, 0.1) is 0 Å². The molecule has 2 amide bonds. The molecule has 0 fully saturated rings. The number of urea groups is 1. The van der Waals surface area contributed by atoms with Crippen molar-refractivity contribution < 1.29 is 23.1 Å². The van der Waals surface area contributed by atoms with Gasteiger partial charge in [-0.1, -0.05) is 30.3 Å². The second-order valence-corrected chi connectivity index (χ2v) is 9.06. The number of hydrogen-bond acceptors (Lipinski definition) is 4. The van der Waals surface area contributed by atoms with Gasteiger partial charge in [0, 0.05) is 31.8 Å². The average molecular weight is 384 g/mol. The molecule has 0 aliphatic rings. The zero-order chi connectivity index (χ0) is 19.9. The smallest absolute Gasteiger partial charge is 0.317 e. The Morgan fingerprint density at radius 3 is 2.27 bits per heavy atom. The van der Waals surface area contributed by atoms with E-state index in [9.17, 15) is 18.0 Å². The number of benzene rings is 1. The van der Waals surface area contributed by atoms with Crippen LogP contribution in [-0.4, -0.2) is 61.1 Å². The first-order valence-electron chi connectivity index (χ1n) is 8.50. The largest absolute Gasteiger partial charge is 0.481 e. The van der Waals surface area contributed by atoms with Gasteiger partial charge in [0.2, 0.25) is 0 Å². The summed E-state index contributed by atoms with van der Waals surface area (Å²) >= 11 is 0. The first kappa shape index (κ1) is 22.0. The van der Waals surface area contributed by atoms with Crippen molar-refractivity contribution >= 4 is 21.8 Å². The molecule has 146 valence electrons. The minimum absolute atomic E-state index is 0.0587. The molecular formula is C18H28N2O5S. The SMILES string of the molecule is CC(C(C)S(C)(=O)=O)N(C)C(=O)NC(CCC(=O)O)Cc1ccccc1. The second-order valence-electron chi connectivity index (χ2n) is 6.65. The topological polar surface area (TPSA) is 104 Å². The fraction of sp³-hybridized carbons (Fsp3) is 0.556. The number of carboxylic acid groups (broad SMARTS) is 1. The lowest BCUT2D eigenvalue weighted by Gasteiger charge is -2.31. The van der Waals surface area contributed by atoms with Gasteiger partial charge in [0.15, 0.2) is 9.84 Å². The molecule has 0 aliphatic heterocycles. The third-order valence-electron chi connectivity index (χ3n) is 4.65. The molecule has 0 saturated heterocycles. The van der Waals surface area contributed by atoms with Gasteiger partial charge in [-0.05, 0) is 32.3 Å². The highest BCUT2D eigenvalue weighted by atomic mass is 32.2. The van der Waals surface area contributed by atoms with Gasteiger partial charge in [0.25, 0.3) is 0 Å². The quantitative estimate of drug-likeness (QED) is 0.677. The Morgan fingerprint density at radius 1 is 1.19 bits per heavy atom. The van der Waals surface area contributed by atoms with Crippen LogP contribution >= 0.6 is 0 Å². The predicted molar refractivity (Wildman–Crippen MR) is 101 cm³/mol. The van der Waals surface area contributed by atoms with E-state index in [0.717, 1.165) is 11.8 Å². The molecule has 2 N–H and O–H groups in total. The van der Waals surface area contributed by atoms with Crippen LogP contribution in [0.3, 0.4) is 0 Å². The molecule has 0 bridgehead atoms. The molecule has 1 aromatic rings. The van der Waals surface area contributed by atoms with Crippen LogP contribution in [0.1, 0.15) is 32.3 Å². The molecule has 26 heavy (non-hydrogen) atoms. The summed E-state index contributed by atoms with van der Waals surface area (Å²) in [7, 11) is -1.74. The van der Waals surface area contributed by atoms with Gasteiger partial charge >= 0.3 is 12.0 Å². The van der Waals surface area contributed by atoms with Gasteiger partial charge in [0.1, 0.15) is 0 Å². The summed E-state index contributed by atoms with van der Waals surface area (Å²) in [6.07, 6.45) is 1.88. The molecule has 7 nitrogen and oxygen atoms in total. The normalized spacial score (nSPS) is 14.9. The van der Waals surface area contributed by atoms with Crippen LogP contribution in [0.2, 0.25) is 0 Å². The second kappa shape index (κ2) is 9.56. The van der Waals surface area contributed by atoms with Crippen molar-refractivity contribution in [2.75, 3.05) is 13.3 Å². The number of nitrogens with one attached hydrogen (secondary N) is 1. The zero-order valence-corrected chi connectivity index (χ0v) is 16.5. The van der Waals surface area contributed by atoms with E-state index in [1.165, 1.54) is 4.90 Å². The Morgan fingerprint density at radius 2 is 1.77 bits per heavy atom. The maximum Gasteiger partial charge on any atom is 0.317 e. The number of aliphatic carboxylic acids is 1. The Hall–Kier alpha value is -2.09. The first-order valence-corrected chi connectivity index (χ1v) is 10.5. The summed E-state index contributed by atoms with van der Waals surface area (Å²) in [6, 6.07) is 8.19. The van der Waals surface area contributed by atoms with E-state index >= 15 is 0 Å². The Labute approximate surface area is 155 Å². The van der Waals surface area contributed by atoms with E-state index in [4.69, 9.17) is 5.11 Å².